The Morgan fingerprint density at radius 3 is 2.50 bits per heavy atom. The van der Waals surface area contributed by atoms with E-state index in [1.165, 1.54) is 19.3 Å². The number of carbonyl (C=O) groups is 1. The maximum absolute atomic E-state index is 12.6. The Morgan fingerprint density at radius 2 is 1.88 bits per heavy atom. The fourth-order valence-corrected chi connectivity index (χ4v) is 4.37. The molecule has 2 aliphatic rings. The number of fused-ring (bicyclic) bond motifs is 2. The second-order valence-electron chi connectivity index (χ2n) is 7.18. The standard InChI is InChI=1S/C19H24N4O/c20-18-13-3-1-4-14(18)12-15(11-13)19(24)22-16-5-7-17(8-6-16)23-10-2-9-21-23/h2,5-10,13-15,18H,1,3-4,11-12,20H2,(H,22,24). The molecule has 2 fully saturated rings. The average molecular weight is 324 g/mol. The van der Waals surface area contributed by atoms with Crippen molar-refractivity contribution in [3.05, 3.63) is 42.7 Å². The number of aromatic nitrogens is 2. The van der Waals surface area contributed by atoms with Crippen LogP contribution in [0, 0.1) is 17.8 Å². The molecule has 2 aliphatic carbocycles. The summed E-state index contributed by atoms with van der Waals surface area (Å²) < 4.78 is 1.80. The number of nitrogens with one attached hydrogen (secondary N) is 1. The summed E-state index contributed by atoms with van der Waals surface area (Å²) in [6.07, 6.45) is 9.16. The van der Waals surface area contributed by atoms with Gasteiger partial charge in [0.25, 0.3) is 0 Å². The summed E-state index contributed by atoms with van der Waals surface area (Å²) in [5, 5.41) is 7.29. The van der Waals surface area contributed by atoms with Gasteiger partial charge in [-0.3, -0.25) is 4.79 Å². The molecule has 2 bridgehead atoms. The number of hydrogen-bond acceptors (Lipinski definition) is 3. The number of nitrogens with zero attached hydrogens (tertiary/aromatic N) is 2. The molecule has 1 aromatic carbocycles. The van der Waals surface area contributed by atoms with E-state index in [2.05, 4.69) is 10.4 Å². The van der Waals surface area contributed by atoms with Crippen LogP contribution in [-0.2, 0) is 4.79 Å². The Morgan fingerprint density at radius 1 is 1.17 bits per heavy atom. The van der Waals surface area contributed by atoms with Crippen LogP contribution < -0.4 is 11.1 Å². The van der Waals surface area contributed by atoms with Gasteiger partial charge in [0, 0.05) is 30.0 Å². The molecular weight excluding hydrogens is 300 g/mol. The molecule has 2 atom stereocenters. The topological polar surface area (TPSA) is 72.9 Å². The summed E-state index contributed by atoms with van der Waals surface area (Å²) in [4.78, 5) is 12.6. The smallest absolute Gasteiger partial charge is 0.227 e. The molecule has 3 N–H and O–H groups in total. The molecule has 1 heterocycles. The van der Waals surface area contributed by atoms with Crippen LogP contribution in [0.15, 0.2) is 42.7 Å². The van der Waals surface area contributed by atoms with Crippen LogP contribution in [0.2, 0.25) is 0 Å². The van der Waals surface area contributed by atoms with Crippen molar-refractivity contribution in [1.82, 2.24) is 9.78 Å². The van der Waals surface area contributed by atoms with Gasteiger partial charge in [-0.1, -0.05) is 6.42 Å². The summed E-state index contributed by atoms with van der Waals surface area (Å²) in [6, 6.07) is 9.99. The first-order chi connectivity index (χ1) is 11.7. The zero-order chi connectivity index (χ0) is 16.5. The molecule has 0 saturated heterocycles. The Balaban J connectivity index is 1.41. The molecule has 0 aliphatic heterocycles. The maximum atomic E-state index is 12.6. The van der Waals surface area contributed by atoms with Gasteiger partial charge >= 0.3 is 0 Å². The predicted molar refractivity (Wildman–Crippen MR) is 93.7 cm³/mol. The Kier molecular flexibility index (Phi) is 4.10. The van der Waals surface area contributed by atoms with Gasteiger partial charge in [-0.25, -0.2) is 4.68 Å². The zero-order valence-electron chi connectivity index (χ0n) is 13.8. The number of nitrogens with two attached hydrogens (primary N) is 1. The van der Waals surface area contributed by atoms with E-state index in [1.807, 2.05) is 36.5 Å². The summed E-state index contributed by atoms with van der Waals surface area (Å²) >= 11 is 0. The first kappa shape index (κ1) is 15.4. The van der Waals surface area contributed by atoms with Crippen molar-refractivity contribution < 1.29 is 4.79 Å². The maximum Gasteiger partial charge on any atom is 0.227 e. The van der Waals surface area contributed by atoms with Crippen LogP contribution in [0.25, 0.3) is 5.69 Å². The minimum atomic E-state index is 0.103. The SMILES string of the molecule is NC1C2CCCC1CC(C(=O)Nc1ccc(-n3cccn3)cc1)C2. The molecule has 1 amide bonds. The first-order valence-corrected chi connectivity index (χ1v) is 8.87. The average Bonchev–Trinajstić information content (AvgIpc) is 3.09. The van der Waals surface area contributed by atoms with Crippen LogP contribution >= 0.6 is 0 Å². The van der Waals surface area contributed by atoms with Crippen LogP contribution in [0.3, 0.4) is 0 Å². The molecule has 5 nitrogen and oxygen atoms in total. The molecule has 24 heavy (non-hydrogen) atoms. The minimum Gasteiger partial charge on any atom is -0.327 e. The normalized spacial score (nSPS) is 29.2. The van der Waals surface area contributed by atoms with Crippen molar-refractivity contribution in [2.45, 2.75) is 38.1 Å². The van der Waals surface area contributed by atoms with Crippen LogP contribution in [-0.4, -0.2) is 21.7 Å². The van der Waals surface area contributed by atoms with Gasteiger partial charge in [0.2, 0.25) is 5.91 Å². The number of anilines is 1. The van der Waals surface area contributed by atoms with E-state index in [0.717, 1.165) is 24.2 Å². The largest absolute Gasteiger partial charge is 0.327 e. The highest BCUT2D eigenvalue weighted by Gasteiger charge is 2.40. The van der Waals surface area contributed by atoms with Crippen molar-refractivity contribution in [1.29, 1.82) is 0 Å². The number of benzene rings is 1. The van der Waals surface area contributed by atoms with E-state index in [4.69, 9.17) is 5.73 Å². The second-order valence-corrected chi connectivity index (χ2v) is 7.18. The third-order valence-electron chi connectivity index (χ3n) is 5.69. The molecule has 0 radical (unpaired) electrons. The van der Waals surface area contributed by atoms with E-state index in [-0.39, 0.29) is 11.8 Å². The van der Waals surface area contributed by atoms with Gasteiger partial charge < -0.3 is 11.1 Å². The summed E-state index contributed by atoms with van der Waals surface area (Å²) in [7, 11) is 0. The molecule has 2 unspecified atom stereocenters. The molecule has 4 rings (SSSR count). The van der Waals surface area contributed by atoms with Gasteiger partial charge in [0.05, 0.1) is 5.69 Å². The highest BCUT2D eigenvalue weighted by molar-refractivity contribution is 5.92. The summed E-state index contributed by atoms with van der Waals surface area (Å²) in [5.41, 5.74) is 8.15. The number of hydrogen-bond donors (Lipinski definition) is 2. The molecule has 2 aromatic rings. The summed E-state index contributed by atoms with van der Waals surface area (Å²) in [5.74, 6) is 1.29. The Labute approximate surface area is 142 Å². The lowest BCUT2D eigenvalue weighted by Gasteiger charge is -2.43. The predicted octanol–water partition coefficient (Wildman–Crippen LogP) is 2.96. The van der Waals surface area contributed by atoms with Crippen molar-refractivity contribution in [2.75, 3.05) is 5.32 Å². The van der Waals surface area contributed by atoms with Crippen molar-refractivity contribution >= 4 is 11.6 Å². The molecule has 1 aromatic heterocycles. The van der Waals surface area contributed by atoms with Crippen LogP contribution in [0.5, 0.6) is 0 Å². The molecule has 2 saturated carbocycles. The van der Waals surface area contributed by atoms with Crippen molar-refractivity contribution in [2.24, 2.45) is 23.5 Å². The van der Waals surface area contributed by atoms with Crippen molar-refractivity contribution in [3.8, 4) is 5.69 Å². The lowest BCUT2D eigenvalue weighted by atomic mass is 9.65. The van der Waals surface area contributed by atoms with E-state index >= 15 is 0 Å². The van der Waals surface area contributed by atoms with Gasteiger partial charge in [-0.2, -0.15) is 5.10 Å². The quantitative estimate of drug-likeness (QED) is 0.911. The number of rotatable bonds is 3. The third-order valence-corrected chi connectivity index (χ3v) is 5.69. The minimum absolute atomic E-state index is 0.103. The van der Waals surface area contributed by atoms with Crippen molar-refractivity contribution in [3.63, 3.8) is 0 Å². The third kappa shape index (κ3) is 2.96. The summed E-state index contributed by atoms with van der Waals surface area (Å²) in [6.45, 7) is 0. The molecule has 0 spiro atoms. The zero-order valence-corrected chi connectivity index (χ0v) is 13.8. The molecule has 5 heteroatoms. The lowest BCUT2D eigenvalue weighted by molar-refractivity contribution is -0.122. The second kappa shape index (κ2) is 6.40. The van der Waals surface area contributed by atoms with Crippen LogP contribution in [0.1, 0.15) is 32.1 Å². The first-order valence-electron chi connectivity index (χ1n) is 8.87. The van der Waals surface area contributed by atoms with E-state index in [1.54, 1.807) is 10.9 Å². The highest BCUT2D eigenvalue weighted by atomic mass is 16.1. The fourth-order valence-electron chi connectivity index (χ4n) is 4.37. The van der Waals surface area contributed by atoms with E-state index < -0.39 is 0 Å². The van der Waals surface area contributed by atoms with Gasteiger partial charge in [-0.15, -0.1) is 0 Å². The van der Waals surface area contributed by atoms with E-state index in [0.29, 0.717) is 17.9 Å². The van der Waals surface area contributed by atoms with E-state index in [9.17, 15) is 4.79 Å². The van der Waals surface area contributed by atoms with Gasteiger partial charge in [0.15, 0.2) is 0 Å². The Hall–Kier alpha value is -2.14. The van der Waals surface area contributed by atoms with Gasteiger partial charge in [0.1, 0.15) is 0 Å². The number of amides is 1. The number of carbonyl (C=O) groups excluding carboxylic acids is 1. The van der Waals surface area contributed by atoms with Crippen LogP contribution in [0.4, 0.5) is 5.69 Å². The monoisotopic (exact) mass is 324 g/mol. The fraction of sp³-hybridized carbons (Fsp3) is 0.474. The molecule has 126 valence electrons. The molecular formula is C19H24N4O. The van der Waals surface area contributed by atoms with Gasteiger partial charge in [-0.05, 0) is 67.9 Å². The highest BCUT2D eigenvalue weighted by Crippen LogP contribution is 2.42. The Bertz CT molecular complexity index is 681. The lowest BCUT2D eigenvalue weighted by Crippen LogP contribution is -2.48.